The van der Waals surface area contributed by atoms with Crippen LogP contribution in [-0.4, -0.2) is 18.2 Å². The fraction of sp³-hybridized carbons (Fsp3) is 0.167. The molecule has 0 amide bonds. The first-order chi connectivity index (χ1) is 18.4. The second-order valence-electron chi connectivity index (χ2n) is 10.2. The Hall–Kier alpha value is -3.62. The van der Waals surface area contributed by atoms with E-state index < -0.39 is 0 Å². The van der Waals surface area contributed by atoms with Gasteiger partial charge in [-0.1, -0.05) is 80.6 Å². The molecule has 0 fully saturated rings. The summed E-state index contributed by atoms with van der Waals surface area (Å²) in [4.78, 5) is 0. The molecule has 0 N–H and O–H groups in total. The second-order valence-corrected chi connectivity index (χ2v) is 10.6. The van der Waals surface area contributed by atoms with Gasteiger partial charge in [0.15, 0.2) is 0 Å². The molecular formula is C36H35BS. The van der Waals surface area contributed by atoms with Crippen LogP contribution in [0.5, 0.6) is 0 Å². The number of thiocarbonyl (C=S) groups is 1. The third kappa shape index (κ3) is 5.19. The number of allylic oxidation sites excluding steroid dienone is 3. The maximum absolute atomic E-state index is 5.16. The molecule has 4 aromatic rings. The Balaban J connectivity index is 0.000000186. The number of hydrogen-bond donors (Lipinski definition) is 0. The topological polar surface area (TPSA) is 0 Å². The Morgan fingerprint density at radius 2 is 1.21 bits per heavy atom. The number of benzene rings is 4. The van der Waals surface area contributed by atoms with Gasteiger partial charge in [-0.2, -0.15) is 0 Å². The monoisotopic (exact) mass is 510 g/mol. The first kappa shape index (κ1) is 27.4. The predicted octanol–water partition coefficient (Wildman–Crippen LogP) is 8.93. The number of fused-ring (bicyclic) bond motifs is 2. The molecule has 0 radical (unpaired) electrons. The van der Waals surface area contributed by atoms with Crippen LogP contribution in [0.4, 0.5) is 0 Å². The van der Waals surface area contributed by atoms with Crippen molar-refractivity contribution in [1.82, 2.24) is 0 Å². The Kier molecular flexibility index (Phi) is 8.54. The van der Waals surface area contributed by atoms with Crippen molar-refractivity contribution in [3.63, 3.8) is 0 Å². The smallest absolute Gasteiger partial charge is 0.0422 e. The summed E-state index contributed by atoms with van der Waals surface area (Å²) in [5.74, 6) is 0. The van der Waals surface area contributed by atoms with Crippen molar-refractivity contribution in [2.45, 2.75) is 38.0 Å². The summed E-state index contributed by atoms with van der Waals surface area (Å²) in [5, 5.41) is 0. The van der Waals surface area contributed by atoms with Crippen molar-refractivity contribution >= 4 is 30.4 Å². The van der Waals surface area contributed by atoms with Crippen molar-refractivity contribution in [1.29, 1.82) is 0 Å². The van der Waals surface area contributed by atoms with Crippen LogP contribution in [0.15, 0.2) is 128 Å². The van der Waals surface area contributed by atoms with E-state index in [0.29, 0.717) is 0 Å². The molecule has 1 aliphatic rings. The standard InChI is InChI=1S/C22H24.C14H11BS/c1-5-15-22(16-6-2)19-13-9-7-11-17(19)21(3,4)18-12-8-10-14-20(18)22;1-15-14(16)13-9-7-12(8-10-13)11-5-3-2-4-6-11/h5-14,16H,1,15H2,2-4H3;2-10H,1H2/b16-6+;. The van der Waals surface area contributed by atoms with E-state index >= 15 is 0 Å². The molecule has 0 aliphatic heterocycles. The minimum absolute atomic E-state index is 0.0272. The summed E-state index contributed by atoms with van der Waals surface area (Å²) in [6.45, 7) is 16.2. The average molecular weight is 511 g/mol. The van der Waals surface area contributed by atoms with Crippen LogP contribution in [0.1, 0.15) is 55.0 Å². The van der Waals surface area contributed by atoms with E-state index in [2.05, 4.69) is 119 Å². The summed E-state index contributed by atoms with van der Waals surface area (Å²) >= 11 is 5.16. The second kappa shape index (κ2) is 11.8. The van der Waals surface area contributed by atoms with Crippen molar-refractivity contribution in [2.24, 2.45) is 0 Å². The van der Waals surface area contributed by atoms with Gasteiger partial charge in [-0.05, 0) is 35.6 Å². The molecule has 0 atom stereocenters. The van der Waals surface area contributed by atoms with Crippen LogP contribution in [0, 0.1) is 0 Å². The molecule has 188 valence electrons. The van der Waals surface area contributed by atoms with Crippen molar-refractivity contribution < 1.29 is 0 Å². The van der Waals surface area contributed by atoms with Crippen LogP contribution in [0.25, 0.3) is 11.1 Å². The van der Waals surface area contributed by atoms with Gasteiger partial charge in [-0.25, -0.2) is 0 Å². The summed E-state index contributed by atoms with van der Waals surface area (Å²) in [7, 11) is 0. The van der Waals surface area contributed by atoms with E-state index in [4.69, 9.17) is 12.2 Å². The van der Waals surface area contributed by atoms with E-state index in [1.54, 1.807) is 6.92 Å². The van der Waals surface area contributed by atoms with Crippen molar-refractivity contribution in [3.05, 3.63) is 156 Å². The van der Waals surface area contributed by atoms with Crippen LogP contribution in [-0.2, 0) is 10.8 Å². The van der Waals surface area contributed by atoms with E-state index in [9.17, 15) is 0 Å². The zero-order valence-corrected chi connectivity index (χ0v) is 23.5. The first-order valence-electron chi connectivity index (χ1n) is 13.2. The van der Waals surface area contributed by atoms with Gasteiger partial charge in [0.25, 0.3) is 0 Å². The minimum atomic E-state index is -0.0980. The fourth-order valence-corrected chi connectivity index (χ4v) is 5.82. The average Bonchev–Trinajstić information content (AvgIpc) is 2.97. The summed E-state index contributed by atoms with van der Waals surface area (Å²) < 4.78 is 0.791. The van der Waals surface area contributed by atoms with Crippen LogP contribution in [0.2, 0.25) is 0 Å². The molecule has 0 unspecified atom stereocenters. The largest absolute Gasteiger partial charge is 0.103 e. The van der Waals surface area contributed by atoms with E-state index in [0.717, 1.165) is 16.7 Å². The Bertz CT molecular complexity index is 1410. The number of rotatable bonds is 6. The SMILES string of the molecule is C=BC(=S)c1ccc(-c2ccccc2)cc1.C=CCC1(/C=C/C)c2ccccc2C(C)(C)c2ccccc21. The maximum Gasteiger partial charge on any atom is 0.0422 e. The molecule has 2 heteroatoms. The molecule has 38 heavy (non-hydrogen) atoms. The number of hydrogen-bond acceptors (Lipinski definition) is 1. The Morgan fingerprint density at radius 1 is 0.737 bits per heavy atom. The summed E-state index contributed by atoms with van der Waals surface area (Å²) in [5.41, 5.74) is 9.08. The fourth-order valence-electron chi connectivity index (χ4n) is 5.68. The zero-order chi connectivity index (χ0) is 27.2. The van der Waals surface area contributed by atoms with Crippen LogP contribution >= 0.6 is 12.2 Å². The molecule has 0 aromatic heterocycles. The van der Waals surface area contributed by atoms with Crippen LogP contribution < -0.4 is 0 Å². The van der Waals surface area contributed by atoms with Gasteiger partial charge in [-0.3, -0.25) is 0 Å². The molecule has 4 aromatic carbocycles. The summed E-state index contributed by atoms with van der Waals surface area (Å²) in [6, 6.07) is 36.3. The third-order valence-corrected chi connectivity index (χ3v) is 7.94. The van der Waals surface area contributed by atoms with E-state index in [-0.39, 0.29) is 10.8 Å². The van der Waals surface area contributed by atoms with Gasteiger partial charge in [0, 0.05) is 10.8 Å². The molecule has 0 saturated heterocycles. The molecule has 0 nitrogen and oxygen atoms in total. The Labute approximate surface area is 234 Å². The van der Waals surface area contributed by atoms with Crippen molar-refractivity contribution in [3.8, 4) is 11.1 Å². The van der Waals surface area contributed by atoms with Gasteiger partial charge in [0.1, 0.15) is 0 Å². The van der Waals surface area contributed by atoms with Gasteiger partial charge in [0.05, 0.1) is 0 Å². The predicted molar refractivity (Wildman–Crippen MR) is 172 cm³/mol. The molecule has 0 spiro atoms. The van der Waals surface area contributed by atoms with Crippen molar-refractivity contribution in [2.75, 3.05) is 0 Å². The zero-order valence-electron chi connectivity index (χ0n) is 22.7. The first-order valence-corrected chi connectivity index (χ1v) is 13.6. The molecular weight excluding hydrogens is 475 g/mol. The Morgan fingerprint density at radius 3 is 1.68 bits per heavy atom. The summed E-state index contributed by atoms with van der Waals surface area (Å²) in [6.07, 6.45) is 7.49. The third-order valence-electron chi connectivity index (χ3n) is 7.54. The van der Waals surface area contributed by atoms with Crippen LogP contribution in [0.3, 0.4) is 0 Å². The van der Waals surface area contributed by atoms with Gasteiger partial charge in [0.2, 0.25) is 0 Å². The molecule has 5 rings (SSSR count). The molecule has 0 heterocycles. The minimum Gasteiger partial charge on any atom is -0.103 e. The molecule has 0 bridgehead atoms. The quantitative estimate of drug-likeness (QED) is 0.142. The van der Waals surface area contributed by atoms with Gasteiger partial charge in [-0.15, -0.1) is 6.58 Å². The van der Waals surface area contributed by atoms with E-state index in [1.807, 2.05) is 36.4 Å². The van der Waals surface area contributed by atoms with Gasteiger partial charge < -0.3 is 0 Å². The molecule has 1 aliphatic carbocycles. The molecule has 0 saturated carbocycles. The maximum atomic E-state index is 5.16. The van der Waals surface area contributed by atoms with E-state index in [1.165, 1.54) is 33.4 Å². The normalized spacial score (nSPS) is 14.3. The van der Waals surface area contributed by atoms with Gasteiger partial charge >= 0.3 is 102 Å².